The molecule has 1 rings (SSSR count). The van der Waals surface area contributed by atoms with Gasteiger partial charge in [-0.3, -0.25) is 4.79 Å². The summed E-state index contributed by atoms with van der Waals surface area (Å²) in [6.07, 6.45) is 0.506. The van der Waals surface area contributed by atoms with Gasteiger partial charge >= 0.3 is 5.97 Å². The molecule has 0 fully saturated rings. The average molecular weight is 245 g/mol. The first-order valence-corrected chi connectivity index (χ1v) is 5.12. The normalized spacial score (nSPS) is 10.0. The van der Waals surface area contributed by atoms with Crippen LogP contribution < -0.4 is 4.74 Å². The third-order valence-electron chi connectivity index (χ3n) is 2.00. The molecule has 0 amide bonds. The molecule has 0 radical (unpaired) electrons. The Kier molecular flexibility index (Phi) is 4.49. The zero-order valence-electron chi connectivity index (χ0n) is 9.41. The molecule has 1 aromatic heterocycles. The summed E-state index contributed by atoms with van der Waals surface area (Å²) in [6.45, 7) is 3.44. The number of hydrogen-bond donors (Lipinski definition) is 0. The lowest BCUT2D eigenvalue weighted by atomic mass is 10.2. The Balaban J connectivity index is 2.81. The predicted molar refractivity (Wildman–Crippen MR) is 58.7 cm³/mol. The van der Waals surface area contributed by atoms with Gasteiger partial charge in [-0.15, -0.1) is 0 Å². The summed E-state index contributed by atoms with van der Waals surface area (Å²) in [7, 11) is 1.51. The van der Waals surface area contributed by atoms with Crippen molar-refractivity contribution in [3.63, 3.8) is 0 Å². The van der Waals surface area contributed by atoms with E-state index >= 15 is 0 Å². The number of methoxy groups -OCH3 is 1. The molecule has 0 atom stereocenters. The lowest BCUT2D eigenvalue weighted by molar-refractivity contribution is -0.140. The zero-order valence-corrected chi connectivity index (χ0v) is 10.2. The summed E-state index contributed by atoms with van der Waals surface area (Å²) < 4.78 is 9.94. The van der Waals surface area contributed by atoms with Gasteiger partial charge in [-0.1, -0.05) is 0 Å². The van der Waals surface area contributed by atoms with E-state index in [-0.39, 0.29) is 17.9 Å². The van der Waals surface area contributed by atoms with Crippen molar-refractivity contribution >= 4 is 17.6 Å². The molecule has 0 aliphatic heterocycles. The lowest BCUT2D eigenvalue weighted by Gasteiger charge is -2.10. The van der Waals surface area contributed by atoms with Crippen molar-refractivity contribution in [1.29, 1.82) is 0 Å². The largest absolute Gasteiger partial charge is 0.481 e. The van der Waals surface area contributed by atoms with Crippen LogP contribution in [0.3, 0.4) is 0 Å². The molecule has 0 aliphatic rings. The first-order valence-electron chi connectivity index (χ1n) is 4.75. The lowest BCUT2D eigenvalue weighted by Crippen LogP contribution is -2.08. The number of aryl methyl sites for hydroxylation is 1. The molecule has 16 heavy (non-hydrogen) atoms. The van der Waals surface area contributed by atoms with Crippen molar-refractivity contribution < 1.29 is 14.3 Å². The molecule has 0 aromatic carbocycles. The van der Waals surface area contributed by atoms with Crippen LogP contribution in [-0.4, -0.2) is 29.7 Å². The van der Waals surface area contributed by atoms with E-state index in [0.717, 1.165) is 11.3 Å². The van der Waals surface area contributed by atoms with Gasteiger partial charge < -0.3 is 9.47 Å². The molecular formula is C10H13ClN2O3. The Morgan fingerprint density at radius 1 is 1.44 bits per heavy atom. The number of carbonyl (C=O) groups is 1. The van der Waals surface area contributed by atoms with Crippen molar-refractivity contribution in [2.75, 3.05) is 13.7 Å². The van der Waals surface area contributed by atoms with Crippen LogP contribution in [-0.2, 0) is 16.0 Å². The van der Waals surface area contributed by atoms with E-state index in [1.54, 1.807) is 6.92 Å². The van der Waals surface area contributed by atoms with Crippen molar-refractivity contribution in [2.45, 2.75) is 20.3 Å². The minimum absolute atomic E-state index is 0.144. The summed E-state index contributed by atoms with van der Waals surface area (Å²) in [5.74, 6) is 0.108. The Bertz CT molecular complexity index is 396. The topological polar surface area (TPSA) is 61.3 Å². The highest BCUT2D eigenvalue weighted by Crippen LogP contribution is 2.20. The molecule has 0 saturated heterocycles. The SMILES string of the molecule is COc1nc(Cl)nc(C)c1CCOC(C)=O. The summed E-state index contributed by atoms with van der Waals surface area (Å²) in [6, 6.07) is 0. The maximum absolute atomic E-state index is 10.6. The number of ether oxygens (including phenoxy) is 2. The van der Waals surface area contributed by atoms with Gasteiger partial charge in [0.15, 0.2) is 0 Å². The van der Waals surface area contributed by atoms with Crippen LogP contribution in [0.25, 0.3) is 0 Å². The van der Waals surface area contributed by atoms with E-state index < -0.39 is 0 Å². The van der Waals surface area contributed by atoms with Crippen molar-refractivity contribution in [3.8, 4) is 5.88 Å². The van der Waals surface area contributed by atoms with E-state index in [4.69, 9.17) is 21.1 Å². The summed E-state index contributed by atoms with van der Waals surface area (Å²) in [5.41, 5.74) is 1.53. The Labute approximate surface area is 98.8 Å². The maximum atomic E-state index is 10.6. The highest BCUT2D eigenvalue weighted by molar-refractivity contribution is 6.28. The van der Waals surface area contributed by atoms with Gasteiger partial charge in [-0.05, 0) is 18.5 Å². The smallest absolute Gasteiger partial charge is 0.302 e. The molecule has 6 heteroatoms. The first kappa shape index (κ1) is 12.7. The number of halogens is 1. The van der Waals surface area contributed by atoms with Crippen LogP contribution in [0.4, 0.5) is 0 Å². The molecule has 0 N–H and O–H groups in total. The van der Waals surface area contributed by atoms with Crippen molar-refractivity contribution in [1.82, 2.24) is 9.97 Å². The van der Waals surface area contributed by atoms with Gasteiger partial charge in [0.1, 0.15) is 0 Å². The number of rotatable bonds is 4. The number of carbonyl (C=O) groups excluding carboxylic acids is 1. The molecule has 5 nitrogen and oxygen atoms in total. The number of aromatic nitrogens is 2. The predicted octanol–water partition coefficient (Wildman–Crippen LogP) is 1.55. The highest BCUT2D eigenvalue weighted by Gasteiger charge is 2.11. The summed E-state index contributed by atoms with van der Waals surface area (Å²) >= 11 is 5.70. The monoisotopic (exact) mass is 244 g/mol. The molecule has 1 aromatic rings. The third-order valence-corrected chi connectivity index (χ3v) is 2.17. The van der Waals surface area contributed by atoms with Gasteiger partial charge in [0.2, 0.25) is 11.2 Å². The van der Waals surface area contributed by atoms with E-state index in [2.05, 4.69) is 9.97 Å². The molecule has 0 bridgehead atoms. The van der Waals surface area contributed by atoms with E-state index in [1.807, 2.05) is 0 Å². The second kappa shape index (κ2) is 5.65. The molecule has 0 unspecified atom stereocenters. The Hall–Kier alpha value is -1.36. The van der Waals surface area contributed by atoms with E-state index in [1.165, 1.54) is 14.0 Å². The van der Waals surface area contributed by atoms with Gasteiger partial charge in [0, 0.05) is 24.6 Å². The highest BCUT2D eigenvalue weighted by atomic mass is 35.5. The van der Waals surface area contributed by atoms with E-state index in [0.29, 0.717) is 12.3 Å². The third kappa shape index (κ3) is 3.34. The summed E-state index contributed by atoms with van der Waals surface area (Å²) in [5, 5.41) is 0.144. The van der Waals surface area contributed by atoms with Gasteiger partial charge in [-0.25, -0.2) is 4.98 Å². The first-order chi connectivity index (χ1) is 7.54. The molecule has 88 valence electrons. The van der Waals surface area contributed by atoms with Crippen molar-refractivity contribution in [3.05, 3.63) is 16.5 Å². The van der Waals surface area contributed by atoms with E-state index in [9.17, 15) is 4.79 Å². The molecular weight excluding hydrogens is 232 g/mol. The standard InChI is InChI=1S/C10H13ClN2O3/c1-6-8(4-5-16-7(2)14)9(15-3)13-10(11)12-6/h4-5H2,1-3H3. The number of esters is 1. The molecule has 0 saturated carbocycles. The second-order valence-corrected chi connectivity index (χ2v) is 3.49. The van der Waals surface area contributed by atoms with Crippen LogP contribution in [0.15, 0.2) is 0 Å². The fraction of sp³-hybridized carbons (Fsp3) is 0.500. The van der Waals surface area contributed by atoms with Gasteiger partial charge in [-0.2, -0.15) is 4.98 Å². The van der Waals surface area contributed by atoms with Crippen molar-refractivity contribution in [2.24, 2.45) is 0 Å². The fourth-order valence-corrected chi connectivity index (χ4v) is 1.49. The molecule has 0 spiro atoms. The van der Waals surface area contributed by atoms with Crippen LogP contribution in [0.2, 0.25) is 5.28 Å². The minimum atomic E-state index is -0.313. The molecule has 0 aliphatic carbocycles. The van der Waals surface area contributed by atoms with Crippen LogP contribution in [0.1, 0.15) is 18.2 Å². The maximum Gasteiger partial charge on any atom is 0.302 e. The average Bonchev–Trinajstić information content (AvgIpc) is 2.20. The van der Waals surface area contributed by atoms with Gasteiger partial charge in [0.25, 0.3) is 0 Å². The number of hydrogen-bond acceptors (Lipinski definition) is 5. The molecule has 1 heterocycles. The second-order valence-electron chi connectivity index (χ2n) is 3.16. The Morgan fingerprint density at radius 3 is 2.69 bits per heavy atom. The summed E-state index contributed by atoms with van der Waals surface area (Å²) in [4.78, 5) is 18.6. The minimum Gasteiger partial charge on any atom is -0.481 e. The van der Waals surface area contributed by atoms with Gasteiger partial charge in [0.05, 0.1) is 13.7 Å². The van der Waals surface area contributed by atoms with Crippen LogP contribution >= 0.6 is 11.6 Å². The van der Waals surface area contributed by atoms with Crippen LogP contribution in [0, 0.1) is 6.92 Å². The quantitative estimate of drug-likeness (QED) is 0.594. The fourth-order valence-electron chi connectivity index (χ4n) is 1.29. The number of nitrogens with zero attached hydrogens (tertiary/aromatic N) is 2. The van der Waals surface area contributed by atoms with Crippen LogP contribution in [0.5, 0.6) is 5.88 Å². The Morgan fingerprint density at radius 2 is 2.12 bits per heavy atom. The zero-order chi connectivity index (χ0) is 12.1.